The maximum absolute atomic E-state index is 11.8. The minimum atomic E-state index is -0.594. The second-order valence-corrected chi connectivity index (χ2v) is 6.54. The van der Waals surface area contributed by atoms with Gasteiger partial charge in [0, 0.05) is 6.54 Å². The topological polar surface area (TPSA) is 64.6 Å². The summed E-state index contributed by atoms with van der Waals surface area (Å²) in [5.74, 6) is -0.386. The summed E-state index contributed by atoms with van der Waals surface area (Å²) in [7, 11) is 0. The fourth-order valence-electron chi connectivity index (χ4n) is 2.76. The Bertz CT molecular complexity index is 952. The number of ether oxygens (including phenoxy) is 2. The highest BCUT2D eigenvalue weighted by atomic mass is 16.6. The largest absolute Gasteiger partial charge is 0.482 e. The van der Waals surface area contributed by atoms with E-state index in [2.05, 4.69) is 5.32 Å². The summed E-state index contributed by atoms with van der Waals surface area (Å²) in [5, 5.41) is 2.73. The summed E-state index contributed by atoms with van der Waals surface area (Å²) in [6.45, 7) is 1.79. The maximum Gasteiger partial charge on any atom is 0.344 e. The average Bonchev–Trinajstić information content (AvgIpc) is 2.76. The Labute approximate surface area is 170 Å². The molecule has 0 fully saturated rings. The number of carbonyl (C=O) groups excluding carboxylic acids is 2. The van der Waals surface area contributed by atoms with E-state index in [-0.39, 0.29) is 19.1 Å². The van der Waals surface area contributed by atoms with Gasteiger partial charge in [0.15, 0.2) is 13.2 Å². The van der Waals surface area contributed by atoms with Crippen LogP contribution < -0.4 is 10.1 Å². The molecule has 148 valence electrons. The molecule has 0 saturated heterocycles. The molecule has 5 heteroatoms. The summed E-state index contributed by atoms with van der Waals surface area (Å²) in [5.41, 5.74) is 4.28. The lowest BCUT2D eigenvalue weighted by Crippen LogP contribution is -2.29. The van der Waals surface area contributed by atoms with Crippen LogP contribution in [0.4, 0.5) is 0 Å². The van der Waals surface area contributed by atoms with Crippen molar-refractivity contribution >= 4 is 11.9 Å². The molecule has 0 spiro atoms. The molecule has 0 aromatic heterocycles. The van der Waals surface area contributed by atoms with E-state index in [4.69, 9.17) is 9.47 Å². The Kier molecular flexibility index (Phi) is 7.00. The van der Waals surface area contributed by atoms with Crippen LogP contribution in [0.2, 0.25) is 0 Å². The third-order valence-corrected chi connectivity index (χ3v) is 4.42. The van der Waals surface area contributed by atoms with Gasteiger partial charge in [-0.25, -0.2) is 4.79 Å². The van der Waals surface area contributed by atoms with Crippen LogP contribution in [-0.2, 0) is 20.9 Å². The van der Waals surface area contributed by atoms with E-state index in [0.717, 1.165) is 22.3 Å². The van der Waals surface area contributed by atoms with Crippen LogP contribution in [0.15, 0.2) is 78.9 Å². The predicted octanol–water partition coefficient (Wildman–Crippen LogP) is 3.90. The van der Waals surface area contributed by atoms with E-state index in [1.807, 2.05) is 73.7 Å². The molecule has 1 N–H and O–H groups in total. The van der Waals surface area contributed by atoms with Gasteiger partial charge in [0.2, 0.25) is 0 Å². The summed E-state index contributed by atoms with van der Waals surface area (Å²) in [6, 6.07) is 25.2. The van der Waals surface area contributed by atoms with Crippen LogP contribution in [0.25, 0.3) is 11.1 Å². The lowest BCUT2D eigenvalue weighted by molar-refractivity contribution is -0.150. The van der Waals surface area contributed by atoms with Crippen LogP contribution in [-0.4, -0.2) is 25.1 Å². The molecule has 29 heavy (non-hydrogen) atoms. The highest BCUT2D eigenvalue weighted by molar-refractivity contribution is 5.80. The third-order valence-electron chi connectivity index (χ3n) is 4.42. The standard InChI is InChI=1S/C24H23NO4/c1-18-7-5-6-10-21(18)15-25-23(26)16-29-24(27)17-28-22-13-11-20(12-14-22)19-8-3-2-4-9-19/h2-14H,15-17H2,1H3,(H,25,26). The molecule has 3 aromatic rings. The van der Waals surface area contributed by atoms with E-state index >= 15 is 0 Å². The molecule has 0 heterocycles. The van der Waals surface area contributed by atoms with Crippen molar-refractivity contribution in [1.82, 2.24) is 5.32 Å². The molecular weight excluding hydrogens is 366 g/mol. The number of hydrogen-bond donors (Lipinski definition) is 1. The Hall–Kier alpha value is -3.60. The minimum Gasteiger partial charge on any atom is -0.482 e. The molecule has 0 atom stereocenters. The number of hydrogen-bond acceptors (Lipinski definition) is 4. The quantitative estimate of drug-likeness (QED) is 0.594. The van der Waals surface area contributed by atoms with Crippen molar-refractivity contribution in [1.29, 1.82) is 0 Å². The van der Waals surface area contributed by atoms with Crippen molar-refractivity contribution in [3.63, 3.8) is 0 Å². The molecule has 3 rings (SSSR count). The number of nitrogens with one attached hydrogen (secondary N) is 1. The molecule has 0 saturated carbocycles. The second-order valence-electron chi connectivity index (χ2n) is 6.54. The fourth-order valence-corrected chi connectivity index (χ4v) is 2.76. The van der Waals surface area contributed by atoms with Crippen molar-refractivity contribution in [3.8, 4) is 16.9 Å². The van der Waals surface area contributed by atoms with E-state index < -0.39 is 5.97 Å². The molecule has 1 amide bonds. The van der Waals surface area contributed by atoms with E-state index in [1.165, 1.54) is 0 Å². The third kappa shape index (κ3) is 6.21. The Morgan fingerprint density at radius 3 is 2.17 bits per heavy atom. The van der Waals surface area contributed by atoms with Gasteiger partial charge in [-0.3, -0.25) is 4.79 Å². The molecule has 0 aliphatic rings. The van der Waals surface area contributed by atoms with Crippen LogP contribution >= 0.6 is 0 Å². The first kappa shape index (κ1) is 20.1. The molecule has 0 unspecified atom stereocenters. The van der Waals surface area contributed by atoms with E-state index in [9.17, 15) is 9.59 Å². The predicted molar refractivity (Wildman–Crippen MR) is 111 cm³/mol. The van der Waals surface area contributed by atoms with Crippen LogP contribution in [0.5, 0.6) is 5.75 Å². The lowest BCUT2D eigenvalue weighted by atomic mass is 10.1. The number of benzene rings is 3. The molecule has 0 radical (unpaired) electrons. The zero-order valence-corrected chi connectivity index (χ0v) is 16.3. The van der Waals surface area contributed by atoms with Gasteiger partial charge >= 0.3 is 5.97 Å². The summed E-state index contributed by atoms with van der Waals surface area (Å²) < 4.78 is 10.4. The second kappa shape index (κ2) is 10.1. The fraction of sp³-hybridized carbons (Fsp3) is 0.167. The van der Waals surface area contributed by atoms with Gasteiger partial charge in [-0.05, 0) is 41.3 Å². The normalized spacial score (nSPS) is 10.2. The molecule has 0 aliphatic heterocycles. The van der Waals surface area contributed by atoms with Crippen molar-refractivity contribution < 1.29 is 19.1 Å². The SMILES string of the molecule is Cc1ccccc1CNC(=O)COC(=O)COc1ccc(-c2ccccc2)cc1. The highest BCUT2D eigenvalue weighted by Crippen LogP contribution is 2.22. The first-order valence-electron chi connectivity index (χ1n) is 9.37. The van der Waals surface area contributed by atoms with Crippen molar-refractivity contribution in [2.24, 2.45) is 0 Å². The summed E-state index contributed by atoms with van der Waals surface area (Å²) in [4.78, 5) is 23.7. The zero-order chi connectivity index (χ0) is 20.5. The van der Waals surface area contributed by atoms with E-state index in [0.29, 0.717) is 12.3 Å². The summed E-state index contributed by atoms with van der Waals surface area (Å²) >= 11 is 0. The van der Waals surface area contributed by atoms with Crippen molar-refractivity contribution in [2.75, 3.05) is 13.2 Å². The van der Waals surface area contributed by atoms with Gasteiger partial charge in [0.05, 0.1) is 0 Å². The summed E-state index contributed by atoms with van der Waals surface area (Å²) in [6.07, 6.45) is 0. The number of rotatable bonds is 8. The van der Waals surface area contributed by atoms with Gasteiger partial charge in [-0.2, -0.15) is 0 Å². The van der Waals surface area contributed by atoms with Crippen LogP contribution in [0, 0.1) is 6.92 Å². The van der Waals surface area contributed by atoms with Crippen LogP contribution in [0.3, 0.4) is 0 Å². The molecule has 3 aromatic carbocycles. The van der Waals surface area contributed by atoms with Gasteiger partial charge in [0.25, 0.3) is 5.91 Å². The molecule has 5 nitrogen and oxygen atoms in total. The molecule has 0 aliphatic carbocycles. The van der Waals surface area contributed by atoms with E-state index in [1.54, 1.807) is 12.1 Å². The van der Waals surface area contributed by atoms with Gasteiger partial charge in [-0.1, -0.05) is 66.7 Å². The molecule has 0 bridgehead atoms. The van der Waals surface area contributed by atoms with Gasteiger partial charge < -0.3 is 14.8 Å². The number of carbonyl (C=O) groups is 2. The minimum absolute atomic E-state index is 0.254. The molecular formula is C24H23NO4. The number of amides is 1. The van der Waals surface area contributed by atoms with Crippen molar-refractivity contribution in [3.05, 3.63) is 90.0 Å². The number of aryl methyl sites for hydroxylation is 1. The smallest absolute Gasteiger partial charge is 0.344 e. The first-order chi connectivity index (χ1) is 14.1. The Morgan fingerprint density at radius 2 is 1.45 bits per heavy atom. The van der Waals surface area contributed by atoms with Gasteiger partial charge in [0.1, 0.15) is 5.75 Å². The lowest BCUT2D eigenvalue weighted by Gasteiger charge is -2.09. The highest BCUT2D eigenvalue weighted by Gasteiger charge is 2.09. The van der Waals surface area contributed by atoms with Gasteiger partial charge in [-0.15, -0.1) is 0 Å². The van der Waals surface area contributed by atoms with Crippen molar-refractivity contribution in [2.45, 2.75) is 13.5 Å². The first-order valence-corrected chi connectivity index (χ1v) is 9.37. The number of esters is 1. The average molecular weight is 389 g/mol. The Morgan fingerprint density at radius 1 is 0.793 bits per heavy atom. The Balaban J connectivity index is 1.38. The van der Waals surface area contributed by atoms with Crippen LogP contribution in [0.1, 0.15) is 11.1 Å². The zero-order valence-electron chi connectivity index (χ0n) is 16.3. The maximum atomic E-state index is 11.8. The monoisotopic (exact) mass is 389 g/mol.